The summed E-state index contributed by atoms with van der Waals surface area (Å²) in [6.07, 6.45) is -1.25. The number of hydrogen-bond acceptors (Lipinski definition) is 4. The van der Waals surface area contributed by atoms with E-state index < -0.39 is 18.0 Å². The molecule has 2 unspecified atom stereocenters. The van der Waals surface area contributed by atoms with Gasteiger partial charge < -0.3 is 15.5 Å². The van der Waals surface area contributed by atoms with Crippen LogP contribution in [0.4, 0.5) is 0 Å². The largest absolute Gasteiger partial charge is 0.379 e. The molecule has 1 amide bonds. The third-order valence-corrected chi connectivity index (χ3v) is 3.22. The fourth-order valence-electron chi connectivity index (χ4n) is 2.28. The lowest BCUT2D eigenvalue weighted by Crippen LogP contribution is -2.55. The fraction of sp³-hybridized carbons (Fsp3) is 0.562. The summed E-state index contributed by atoms with van der Waals surface area (Å²) < 4.78 is 0. The fourth-order valence-corrected chi connectivity index (χ4v) is 2.28. The van der Waals surface area contributed by atoms with E-state index in [1.807, 2.05) is 44.2 Å². The highest BCUT2D eigenvalue weighted by atomic mass is 16.3. The van der Waals surface area contributed by atoms with Crippen LogP contribution in [0.3, 0.4) is 0 Å². The summed E-state index contributed by atoms with van der Waals surface area (Å²) in [6, 6.07) is 9.52. The van der Waals surface area contributed by atoms with Crippen LogP contribution in [0.2, 0.25) is 0 Å². The van der Waals surface area contributed by atoms with Crippen LogP contribution in [0.1, 0.15) is 33.3 Å². The van der Waals surface area contributed by atoms with Gasteiger partial charge in [-0.05, 0) is 33.3 Å². The Morgan fingerprint density at radius 3 is 2.19 bits per heavy atom. The standard InChI is InChI=1S/C16H26N2O3/c1-12(19)18(13(2)20)11-16(3,4)17-15(21)10-14-8-6-5-7-9-14/h5-9,12-13,19-20H,10-11H2,1-4H3,(H,17,21). The Hall–Kier alpha value is -1.43. The predicted octanol–water partition coefficient (Wildman–Crippen LogP) is 1.10. The summed E-state index contributed by atoms with van der Waals surface area (Å²) in [5.41, 5.74) is 0.397. The van der Waals surface area contributed by atoms with Gasteiger partial charge in [0.2, 0.25) is 5.91 Å². The number of amides is 1. The molecule has 1 aromatic carbocycles. The highest BCUT2D eigenvalue weighted by Gasteiger charge is 2.27. The van der Waals surface area contributed by atoms with E-state index in [4.69, 9.17) is 0 Å². The summed E-state index contributed by atoms with van der Waals surface area (Å²) in [7, 11) is 0. The number of carbonyl (C=O) groups excluding carboxylic acids is 1. The molecule has 0 aliphatic rings. The molecule has 0 aromatic heterocycles. The SMILES string of the molecule is CC(O)N(CC(C)(C)NC(=O)Cc1ccccc1)C(C)O. The summed E-state index contributed by atoms with van der Waals surface area (Å²) in [5, 5.41) is 22.3. The minimum atomic E-state index is -0.782. The maximum absolute atomic E-state index is 12.1. The molecule has 5 heteroatoms. The van der Waals surface area contributed by atoms with Gasteiger partial charge in [-0.25, -0.2) is 0 Å². The second-order valence-corrected chi connectivity index (χ2v) is 6.03. The summed E-state index contributed by atoms with van der Waals surface area (Å²) >= 11 is 0. The number of rotatable bonds is 7. The zero-order valence-electron chi connectivity index (χ0n) is 13.2. The lowest BCUT2D eigenvalue weighted by molar-refractivity contribution is -0.125. The number of aliphatic hydroxyl groups excluding tert-OH is 2. The van der Waals surface area contributed by atoms with Crippen LogP contribution in [0, 0.1) is 0 Å². The van der Waals surface area contributed by atoms with Gasteiger partial charge in [-0.1, -0.05) is 30.3 Å². The van der Waals surface area contributed by atoms with Gasteiger partial charge in [0.25, 0.3) is 0 Å². The molecular weight excluding hydrogens is 268 g/mol. The molecule has 0 saturated carbocycles. The van der Waals surface area contributed by atoms with E-state index in [1.165, 1.54) is 4.90 Å². The van der Waals surface area contributed by atoms with E-state index in [1.54, 1.807) is 13.8 Å². The third-order valence-electron chi connectivity index (χ3n) is 3.22. The van der Waals surface area contributed by atoms with Crippen LogP contribution < -0.4 is 5.32 Å². The molecule has 0 fully saturated rings. The lowest BCUT2D eigenvalue weighted by atomic mass is 10.0. The van der Waals surface area contributed by atoms with E-state index in [2.05, 4.69) is 5.32 Å². The van der Waals surface area contributed by atoms with Crippen molar-refractivity contribution in [1.29, 1.82) is 0 Å². The molecule has 0 bridgehead atoms. The van der Waals surface area contributed by atoms with Gasteiger partial charge in [0, 0.05) is 12.1 Å². The van der Waals surface area contributed by atoms with E-state index in [9.17, 15) is 15.0 Å². The summed E-state index contributed by atoms with van der Waals surface area (Å²) in [5.74, 6) is -0.0812. The topological polar surface area (TPSA) is 72.8 Å². The second-order valence-electron chi connectivity index (χ2n) is 6.03. The molecule has 0 saturated heterocycles. The van der Waals surface area contributed by atoms with Crippen molar-refractivity contribution in [3.8, 4) is 0 Å². The van der Waals surface area contributed by atoms with Gasteiger partial charge >= 0.3 is 0 Å². The van der Waals surface area contributed by atoms with Crippen LogP contribution in [0.5, 0.6) is 0 Å². The maximum atomic E-state index is 12.1. The Bertz CT molecular complexity index is 436. The highest BCUT2D eigenvalue weighted by Crippen LogP contribution is 2.11. The number of nitrogens with one attached hydrogen (secondary N) is 1. The number of benzene rings is 1. The molecule has 0 heterocycles. The molecule has 1 rings (SSSR count). The molecular formula is C16H26N2O3. The number of hydrogen-bond donors (Lipinski definition) is 3. The van der Waals surface area contributed by atoms with Crippen molar-refractivity contribution in [2.45, 2.75) is 52.1 Å². The molecule has 118 valence electrons. The molecule has 5 nitrogen and oxygen atoms in total. The molecule has 0 spiro atoms. The average molecular weight is 294 g/mol. The van der Waals surface area contributed by atoms with E-state index >= 15 is 0 Å². The number of aliphatic hydroxyl groups is 2. The van der Waals surface area contributed by atoms with Crippen molar-refractivity contribution in [2.75, 3.05) is 6.54 Å². The van der Waals surface area contributed by atoms with Gasteiger partial charge in [-0.15, -0.1) is 0 Å². The van der Waals surface area contributed by atoms with Gasteiger partial charge in [0.15, 0.2) is 0 Å². The van der Waals surface area contributed by atoms with E-state index in [-0.39, 0.29) is 5.91 Å². The monoisotopic (exact) mass is 294 g/mol. The van der Waals surface area contributed by atoms with Gasteiger partial charge in [0.1, 0.15) is 12.5 Å². The van der Waals surface area contributed by atoms with Gasteiger partial charge in [0.05, 0.1) is 6.42 Å². The molecule has 0 aliphatic heterocycles. The first-order valence-electron chi connectivity index (χ1n) is 7.18. The van der Waals surface area contributed by atoms with Crippen LogP contribution in [-0.2, 0) is 11.2 Å². The molecule has 21 heavy (non-hydrogen) atoms. The Balaban J connectivity index is 2.60. The van der Waals surface area contributed by atoms with Crippen LogP contribution in [0.25, 0.3) is 0 Å². The van der Waals surface area contributed by atoms with E-state index in [0.717, 1.165) is 5.56 Å². The zero-order valence-corrected chi connectivity index (χ0v) is 13.2. The summed E-state index contributed by atoms with van der Waals surface area (Å²) in [6.45, 7) is 7.27. The van der Waals surface area contributed by atoms with Crippen molar-refractivity contribution < 1.29 is 15.0 Å². The van der Waals surface area contributed by atoms with E-state index in [0.29, 0.717) is 13.0 Å². The Labute approximate surface area is 126 Å². The zero-order chi connectivity index (χ0) is 16.0. The maximum Gasteiger partial charge on any atom is 0.224 e. The Kier molecular flexibility index (Phi) is 6.33. The van der Waals surface area contributed by atoms with Crippen molar-refractivity contribution in [1.82, 2.24) is 10.2 Å². The van der Waals surface area contributed by atoms with Crippen LogP contribution in [0.15, 0.2) is 30.3 Å². The number of nitrogens with zero attached hydrogens (tertiary/aromatic N) is 1. The van der Waals surface area contributed by atoms with Crippen LogP contribution >= 0.6 is 0 Å². The summed E-state index contributed by atoms with van der Waals surface area (Å²) in [4.78, 5) is 13.6. The normalized spacial score (nSPS) is 14.8. The molecule has 1 aromatic rings. The molecule has 2 atom stereocenters. The van der Waals surface area contributed by atoms with Crippen molar-refractivity contribution in [3.05, 3.63) is 35.9 Å². The molecule has 0 radical (unpaired) electrons. The predicted molar refractivity (Wildman–Crippen MR) is 82.4 cm³/mol. The van der Waals surface area contributed by atoms with Crippen LogP contribution in [-0.4, -0.2) is 45.6 Å². The lowest BCUT2D eigenvalue weighted by Gasteiger charge is -2.36. The van der Waals surface area contributed by atoms with Gasteiger partial charge in [-0.3, -0.25) is 9.69 Å². The minimum Gasteiger partial charge on any atom is -0.379 e. The second kappa shape index (κ2) is 7.54. The molecule has 3 N–H and O–H groups in total. The van der Waals surface area contributed by atoms with Crippen molar-refractivity contribution >= 4 is 5.91 Å². The number of carbonyl (C=O) groups is 1. The minimum absolute atomic E-state index is 0.0812. The first-order chi connectivity index (χ1) is 9.71. The quantitative estimate of drug-likeness (QED) is 0.659. The Morgan fingerprint density at radius 2 is 1.71 bits per heavy atom. The third kappa shape index (κ3) is 6.25. The highest BCUT2D eigenvalue weighted by molar-refractivity contribution is 5.79. The molecule has 0 aliphatic carbocycles. The smallest absolute Gasteiger partial charge is 0.224 e. The van der Waals surface area contributed by atoms with Crippen molar-refractivity contribution in [2.24, 2.45) is 0 Å². The average Bonchev–Trinajstić information content (AvgIpc) is 2.35. The van der Waals surface area contributed by atoms with Gasteiger partial charge in [-0.2, -0.15) is 0 Å². The first kappa shape index (κ1) is 17.6. The van der Waals surface area contributed by atoms with Crippen molar-refractivity contribution in [3.63, 3.8) is 0 Å². The first-order valence-corrected chi connectivity index (χ1v) is 7.18. The Morgan fingerprint density at radius 1 is 1.19 bits per heavy atom.